The molecule has 0 atom stereocenters. The highest BCUT2D eigenvalue weighted by molar-refractivity contribution is 5.95. The summed E-state index contributed by atoms with van der Waals surface area (Å²) in [6, 6.07) is 6.59. The van der Waals surface area contributed by atoms with E-state index in [0.717, 1.165) is 44.7 Å². The number of rotatable bonds is 3. The Kier molecular flexibility index (Phi) is 5.19. The van der Waals surface area contributed by atoms with Crippen LogP contribution in [0.5, 0.6) is 0 Å². The summed E-state index contributed by atoms with van der Waals surface area (Å²) in [5.41, 5.74) is 5.26. The fourth-order valence-electron chi connectivity index (χ4n) is 4.11. The van der Waals surface area contributed by atoms with E-state index < -0.39 is 0 Å². The summed E-state index contributed by atoms with van der Waals surface area (Å²) >= 11 is 0. The number of allylic oxidation sites excluding steroid dienone is 1. The van der Waals surface area contributed by atoms with Crippen molar-refractivity contribution in [3.8, 4) is 0 Å². The average molecular weight is 341 g/mol. The molecule has 4 heteroatoms. The minimum absolute atomic E-state index is 0.0384. The smallest absolute Gasteiger partial charge is 0.321 e. The Morgan fingerprint density at radius 3 is 2.64 bits per heavy atom. The average Bonchev–Trinajstić information content (AvgIpc) is 2.89. The maximum Gasteiger partial charge on any atom is 0.321 e. The Hall–Kier alpha value is -1.81. The Morgan fingerprint density at radius 2 is 2.00 bits per heavy atom. The first-order valence-corrected chi connectivity index (χ1v) is 9.47. The van der Waals surface area contributed by atoms with Gasteiger partial charge in [-0.15, -0.1) is 0 Å². The predicted octanol–water partition coefficient (Wildman–Crippen LogP) is 3.84. The number of fused-ring (bicyclic) bond motifs is 2. The highest BCUT2D eigenvalue weighted by Crippen LogP contribution is 2.47. The molecule has 0 aliphatic carbocycles. The molecule has 1 fully saturated rings. The number of piperidine rings is 1. The number of nitrogens with one attached hydrogen (secondary N) is 1. The Balaban J connectivity index is 1.82. The number of likely N-dealkylation sites (tertiary alicyclic amines) is 1. The molecule has 0 aromatic heterocycles. The van der Waals surface area contributed by atoms with Gasteiger partial charge < -0.3 is 5.32 Å². The van der Waals surface area contributed by atoms with Gasteiger partial charge in [-0.3, -0.25) is 9.80 Å². The second-order valence-corrected chi connectivity index (χ2v) is 7.80. The molecule has 2 amide bonds. The molecular formula is C21H31N3O. The van der Waals surface area contributed by atoms with Crippen LogP contribution in [0.15, 0.2) is 29.8 Å². The molecule has 1 aromatic carbocycles. The molecule has 0 unspecified atom stereocenters. The van der Waals surface area contributed by atoms with E-state index in [2.05, 4.69) is 55.3 Å². The summed E-state index contributed by atoms with van der Waals surface area (Å²) < 4.78 is 0. The van der Waals surface area contributed by atoms with E-state index in [4.69, 9.17) is 0 Å². The van der Waals surface area contributed by atoms with E-state index in [1.165, 1.54) is 16.7 Å². The third-order valence-electron chi connectivity index (χ3n) is 5.62. The van der Waals surface area contributed by atoms with Crippen molar-refractivity contribution < 1.29 is 4.79 Å². The van der Waals surface area contributed by atoms with E-state index >= 15 is 0 Å². The van der Waals surface area contributed by atoms with Crippen molar-refractivity contribution in [3.05, 3.63) is 41.0 Å². The lowest BCUT2D eigenvalue weighted by molar-refractivity contribution is 0.179. The number of carbonyl (C=O) groups excluding carboxylic acids is 1. The highest BCUT2D eigenvalue weighted by atomic mass is 16.2. The number of hydrogen-bond donors (Lipinski definition) is 1. The fraction of sp³-hybridized carbons (Fsp3) is 0.571. The molecular weight excluding hydrogens is 310 g/mol. The predicted molar refractivity (Wildman–Crippen MR) is 104 cm³/mol. The monoisotopic (exact) mass is 341 g/mol. The molecule has 2 heterocycles. The molecule has 136 valence electrons. The summed E-state index contributed by atoms with van der Waals surface area (Å²) in [6.45, 7) is 13.2. The van der Waals surface area contributed by atoms with Gasteiger partial charge in [-0.1, -0.05) is 29.3 Å². The van der Waals surface area contributed by atoms with Crippen molar-refractivity contribution in [1.29, 1.82) is 0 Å². The number of urea groups is 1. The van der Waals surface area contributed by atoms with Crippen LogP contribution in [0.2, 0.25) is 0 Å². The van der Waals surface area contributed by atoms with Crippen LogP contribution in [-0.4, -0.2) is 43.7 Å². The first kappa shape index (κ1) is 18.0. The number of nitrogens with zero attached hydrogens (tertiary/aromatic N) is 2. The van der Waals surface area contributed by atoms with E-state index in [0.29, 0.717) is 6.54 Å². The van der Waals surface area contributed by atoms with E-state index in [1.807, 2.05) is 11.8 Å². The molecule has 2 aliphatic rings. The summed E-state index contributed by atoms with van der Waals surface area (Å²) in [5.74, 6) is 0. The fourth-order valence-corrected chi connectivity index (χ4v) is 4.11. The first-order valence-electron chi connectivity index (χ1n) is 9.47. The van der Waals surface area contributed by atoms with Crippen molar-refractivity contribution in [3.63, 3.8) is 0 Å². The van der Waals surface area contributed by atoms with Crippen molar-refractivity contribution in [2.75, 3.05) is 37.6 Å². The van der Waals surface area contributed by atoms with Crippen LogP contribution < -0.4 is 10.2 Å². The molecule has 1 aromatic rings. The Labute approximate surface area is 151 Å². The molecule has 25 heavy (non-hydrogen) atoms. The minimum atomic E-state index is 0.0384. The molecule has 0 saturated carbocycles. The van der Waals surface area contributed by atoms with Gasteiger partial charge in [0.25, 0.3) is 0 Å². The molecule has 3 rings (SSSR count). The molecule has 0 radical (unpaired) electrons. The minimum Gasteiger partial charge on any atom is -0.338 e. The summed E-state index contributed by atoms with van der Waals surface area (Å²) in [6.07, 6.45) is 4.55. The van der Waals surface area contributed by atoms with Gasteiger partial charge in [0.2, 0.25) is 0 Å². The lowest BCUT2D eigenvalue weighted by Crippen LogP contribution is -2.47. The topological polar surface area (TPSA) is 35.6 Å². The Morgan fingerprint density at radius 1 is 1.28 bits per heavy atom. The highest BCUT2D eigenvalue weighted by Gasteiger charge is 2.46. The zero-order chi connectivity index (χ0) is 18.0. The largest absolute Gasteiger partial charge is 0.338 e. The molecule has 0 bridgehead atoms. The lowest BCUT2D eigenvalue weighted by Gasteiger charge is -2.39. The van der Waals surface area contributed by atoms with Crippen molar-refractivity contribution >= 4 is 11.7 Å². The SMILES string of the molecule is CCNC(=O)N1CC2(CCN(CC=C(C)C)CC2)c2cc(C)ccc21. The van der Waals surface area contributed by atoms with Gasteiger partial charge >= 0.3 is 6.03 Å². The maximum absolute atomic E-state index is 12.6. The lowest BCUT2D eigenvalue weighted by atomic mass is 9.74. The van der Waals surface area contributed by atoms with Gasteiger partial charge in [0.05, 0.1) is 0 Å². The normalized spacial score (nSPS) is 19.0. The quantitative estimate of drug-likeness (QED) is 0.848. The number of carbonyl (C=O) groups is 1. The summed E-state index contributed by atoms with van der Waals surface area (Å²) in [7, 11) is 0. The van der Waals surface area contributed by atoms with Gasteiger partial charge in [0, 0.05) is 30.7 Å². The standard InChI is InChI=1S/C21H31N3O/c1-5-22-20(25)24-15-21(18-14-17(4)6-7-19(18)24)9-12-23(13-10-21)11-8-16(2)3/h6-8,14H,5,9-13,15H2,1-4H3,(H,22,25). The van der Waals surface area contributed by atoms with Crippen molar-refractivity contribution in [2.45, 2.75) is 46.0 Å². The first-order chi connectivity index (χ1) is 11.9. The molecule has 4 nitrogen and oxygen atoms in total. The van der Waals surface area contributed by atoms with Gasteiger partial charge in [0.15, 0.2) is 0 Å². The van der Waals surface area contributed by atoms with Gasteiger partial charge in [-0.05, 0) is 65.3 Å². The van der Waals surface area contributed by atoms with Gasteiger partial charge in [-0.2, -0.15) is 0 Å². The number of hydrogen-bond acceptors (Lipinski definition) is 2. The summed E-state index contributed by atoms with van der Waals surface area (Å²) in [4.78, 5) is 17.0. The second-order valence-electron chi connectivity index (χ2n) is 7.80. The number of amides is 2. The second kappa shape index (κ2) is 7.20. The van der Waals surface area contributed by atoms with Crippen molar-refractivity contribution in [1.82, 2.24) is 10.2 Å². The van der Waals surface area contributed by atoms with Crippen LogP contribution in [0.25, 0.3) is 0 Å². The maximum atomic E-state index is 12.6. The molecule has 1 spiro atoms. The molecule has 2 aliphatic heterocycles. The zero-order valence-corrected chi connectivity index (χ0v) is 16.1. The van der Waals surface area contributed by atoms with Gasteiger partial charge in [0.1, 0.15) is 0 Å². The van der Waals surface area contributed by atoms with Crippen LogP contribution >= 0.6 is 0 Å². The number of anilines is 1. The Bertz CT molecular complexity index is 668. The van der Waals surface area contributed by atoms with Gasteiger partial charge in [-0.25, -0.2) is 4.79 Å². The number of benzene rings is 1. The van der Waals surface area contributed by atoms with Crippen LogP contribution in [0.3, 0.4) is 0 Å². The van der Waals surface area contributed by atoms with E-state index in [-0.39, 0.29) is 11.4 Å². The molecule has 1 saturated heterocycles. The van der Waals surface area contributed by atoms with Crippen LogP contribution in [0.1, 0.15) is 44.7 Å². The van der Waals surface area contributed by atoms with E-state index in [9.17, 15) is 4.79 Å². The third-order valence-corrected chi connectivity index (χ3v) is 5.62. The van der Waals surface area contributed by atoms with Crippen LogP contribution in [-0.2, 0) is 5.41 Å². The zero-order valence-electron chi connectivity index (χ0n) is 16.1. The van der Waals surface area contributed by atoms with Crippen LogP contribution in [0, 0.1) is 6.92 Å². The third kappa shape index (κ3) is 3.59. The van der Waals surface area contributed by atoms with Crippen molar-refractivity contribution in [2.24, 2.45) is 0 Å². The van der Waals surface area contributed by atoms with E-state index in [1.54, 1.807) is 0 Å². The summed E-state index contributed by atoms with van der Waals surface area (Å²) in [5, 5.41) is 2.98. The number of aryl methyl sites for hydroxylation is 1. The molecule has 1 N–H and O–H groups in total. The van der Waals surface area contributed by atoms with Crippen LogP contribution in [0.4, 0.5) is 10.5 Å².